The third-order valence-electron chi connectivity index (χ3n) is 2.08. The number of nitrogens with zero attached hydrogens (tertiary/aromatic N) is 2. The maximum atomic E-state index is 13.2. The molecule has 0 saturated carbocycles. The van der Waals surface area contributed by atoms with E-state index < -0.39 is 11.6 Å². The molecule has 0 atom stereocenters. The van der Waals surface area contributed by atoms with Gasteiger partial charge in [-0.05, 0) is 18.2 Å². The Bertz CT molecular complexity index is 496. The lowest BCUT2D eigenvalue weighted by molar-refractivity contribution is 0.298. The normalized spacial score (nSPS) is 10.4. The Balaban J connectivity index is 2.07. The monoisotopic (exact) mass is 224 g/mol. The van der Waals surface area contributed by atoms with Gasteiger partial charge in [-0.3, -0.25) is 4.68 Å². The summed E-state index contributed by atoms with van der Waals surface area (Å²) in [7, 11) is 1.75. The van der Waals surface area contributed by atoms with Crippen LogP contribution in [0.2, 0.25) is 0 Å². The molecule has 2 aromatic rings. The molecule has 1 heterocycles. The van der Waals surface area contributed by atoms with Crippen molar-refractivity contribution in [1.29, 1.82) is 0 Å². The largest absolute Gasteiger partial charge is 0.486 e. The van der Waals surface area contributed by atoms with E-state index in [1.807, 2.05) is 0 Å². The molecule has 84 valence electrons. The number of halogens is 2. The highest BCUT2D eigenvalue weighted by molar-refractivity contribution is 5.19. The van der Waals surface area contributed by atoms with Crippen LogP contribution in [-0.2, 0) is 13.7 Å². The van der Waals surface area contributed by atoms with Crippen molar-refractivity contribution in [3.8, 4) is 5.75 Å². The Morgan fingerprint density at radius 1 is 1.38 bits per heavy atom. The van der Waals surface area contributed by atoms with Gasteiger partial charge in [0.05, 0.1) is 12.4 Å². The molecule has 1 aromatic carbocycles. The van der Waals surface area contributed by atoms with Crippen molar-refractivity contribution in [3.05, 3.63) is 47.8 Å². The highest BCUT2D eigenvalue weighted by Crippen LogP contribution is 2.14. The molecule has 5 heteroatoms. The number of benzene rings is 1. The van der Waals surface area contributed by atoms with Crippen molar-refractivity contribution in [2.75, 3.05) is 0 Å². The maximum absolute atomic E-state index is 13.2. The first kappa shape index (κ1) is 10.6. The maximum Gasteiger partial charge on any atom is 0.157 e. The summed E-state index contributed by atoms with van der Waals surface area (Å²) >= 11 is 0. The third-order valence-corrected chi connectivity index (χ3v) is 2.08. The van der Waals surface area contributed by atoms with E-state index in [0.717, 1.165) is 18.2 Å². The summed E-state index contributed by atoms with van der Waals surface area (Å²) in [5, 5.41) is 3.89. The smallest absolute Gasteiger partial charge is 0.157 e. The van der Waals surface area contributed by atoms with Crippen LogP contribution in [0.4, 0.5) is 8.78 Å². The summed E-state index contributed by atoms with van der Waals surface area (Å²) in [6.45, 7) is -0.0186. The minimum absolute atomic E-state index is 0.0186. The predicted octanol–water partition coefficient (Wildman–Crippen LogP) is 2.28. The summed E-state index contributed by atoms with van der Waals surface area (Å²) in [5.74, 6) is -0.442. The predicted molar refractivity (Wildman–Crippen MR) is 53.9 cm³/mol. The Kier molecular flexibility index (Phi) is 2.85. The zero-order valence-corrected chi connectivity index (χ0v) is 8.65. The van der Waals surface area contributed by atoms with Gasteiger partial charge in [0, 0.05) is 12.6 Å². The third kappa shape index (κ3) is 2.36. The van der Waals surface area contributed by atoms with Gasteiger partial charge in [0.1, 0.15) is 18.2 Å². The summed E-state index contributed by atoms with van der Waals surface area (Å²) < 4.78 is 32.9. The molecule has 3 nitrogen and oxygen atoms in total. The van der Waals surface area contributed by atoms with Crippen LogP contribution in [0.25, 0.3) is 0 Å². The number of aryl methyl sites for hydroxylation is 1. The van der Waals surface area contributed by atoms with Crippen LogP contribution in [0, 0.1) is 11.6 Å². The number of rotatable bonds is 3. The van der Waals surface area contributed by atoms with E-state index in [9.17, 15) is 8.78 Å². The van der Waals surface area contributed by atoms with Crippen LogP contribution in [0.5, 0.6) is 5.75 Å². The molecule has 0 aliphatic rings. The van der Waals surface area contributed by atoms with Gasteiger partial charge in [-0.25, -0.2) is 8.78 Å². The minimum Gasteiger partial charge on any atom is -0.486 e. The number of aromatic nitrogens is 2. The van der Waals surface area contributed by atoms with E-state index in [-0.39, 0.29) is 12.2 Å². The Labute approximate surface area is 91.3 Å². The van der Waals surface area contributed by atoms with E-state index >= 15 is 0 Å². The first-order valence-electron chi connectivity index (χ1n) is 4.70. The molecule has 0 saturated heterocycles. The number of hydrogen-bond donors (Lipinski definition) is 0. The second-order valence-electron chi connectivity index (χ2n) is 3.37. The van der Waals surface area contributed by atoms with Crippen LogP contribution in [0.15, 0.2) is 30.6 Å². The lowest BCUT2D eigenvalue weighted by Gasteiger charge is -2.04. The van der Waals surface area contributed by atoms with Gasteiger partial charge in [0.2, 0.25) is 0 Å². The molecular formula is C11H10F2N2O. The van der Waals surface area contributed by atoms with Crippen LogP contribution < -0.4 is 4.74 Å². The molecule has 0 amide bonds. The van der Waals surface area contributed by atoms with Gasteiger partial charge in [-0.1, -0.05) is 0 Å². The van der Waals surface area contributed by atoms with E-state index in [4.69, 9.17) is 4.74 Å². The van der Waals surface area contributed by atoms with E-state index in [1.54, 1.807) is 17.9 Å². The lowest BCUT2D eigenvalue weighted by atomic mass is 10.2. The van der Waals surface area contributed by atoms with Gasteiger partial charge in [-0.2, -0.15) is 5.10 Å². The highest BCUT2D eigenvalue weighted by atomic mass is 19.1. The molecule has 0 unspecified atom stereocenters. The molecule has 16 heavy (non-hydrogen) atoms. The molecular weight excluding hydrogens is 214 g/mol. The molecule has 0 bridgehead atoms. The quantitative estimate of drug-likeness (QED) is 0.799. The second kappa shape index (κ2) is 4.30. The second-order valence-corrected chi connectivity index (χ2v) is 3.37. The summed E-state index contributed by atoms with van der Waals surface area (Å²) in [4.78, 5) is 0. The zero-order valence-electron chi connectivity index (χ0n) is 8.65. The molecule has 0 fully saturated rings. The van der Waals surface area contributed by atoms with E-state index in [1.165, 1.54) is 6.20 Å². The van der Waals surface area contributed by atoms with Crippen molar-refractivity contribution in [1.82, 2.24) is 9.78 Å². The zero-order chi connectivity index (χ0) is 11.5. The molecule has 0 spiro atoms. The van der Waals surface area contributed by atoms with Crippen LogP contribution in [-0.4, -0.2) is 9.78 Å². The van der Waals surface area contributed by atoms with Crippen molar-refractivity contribution < 1.29 is 13.5 Å². The summed E-state index contributed by atoms with van der Waals surface area (Å²) in [5.41, 5.74) is 0.184. The van der Waals surface area contributed by atoms with Gasteiger partial charge in [0.25, 0.3) is 0 Å². The van der Waals surface area contributed by atoms with Gasteiger partial charge in [-0.15, -0.1) is 0 Å². The topological polar surface area (TPSA) is 27.1 Å². The van der Waals surface area contributed by atoms with Crippen molar-refractivity contribution in [2.24, 2.45) is 7.05 Å². The van der Waals surface area contributed by atoms with Crippen molar-refractivity contribution in [2.45, 2.75) is 6.61 Å². The molecule has 1 aromatic heterocycles. The molecule has 0 aliphatic carbocycles. The first-order valence-corrected chi connectivity index (χ1v) is 4.70. The standard InChI is InChI=1S/C11H10F2N2O/c1-15-6-10(5-14-15)16-7-8-4-9(12)2-3-11(8)13/h2-6H,7H2,1H3. The fourth-order valence-electron chi connectivity index (χ4n) is 1.29. The Morgan fingerprint density at radius 3 is 2.88 bits per heavy atom. The Morgan fingerprint density at radius 2 is 2.19 bits per heavy atom. The van der Waals surface area contributed by atoms with Crippen molar-refractivity contribution >= 4 is 0 Å². The fraction of sp³-hybridized carbons (Fsp3) is 0.182. The van der Waals surface area contributed by atoms with Gasteiger partial charge < -0.3 is 4.74 Å². The SMILES string of the molecule is Cn1cc(OCc2cc(F)ccc2F)cn1. The van der Waals surface area contributed by atoms with Crippen molar-refractivity contribution in [3.63, 3.8) is 0 Å². The van der Waals surface area contributed by atoms with E-state index in [2.05, 4.69) is 5.10 Å². The minimum atomic E-state index is -0.481. The summed E-state index contributed by atoms with van der Waals surface area (Å²) in [6, 6.07) is 3.27. The molecule has 0 aliphatic heterocycles. The van der Waals surface area contributed by atoms with Crippen LogP contribution >= 0.6 is 0 Å². The number of hydrogen-bond acceptors (Lipinski definition) is 2. The fourth-order valence-corrected chi connectivity index (χ4v) is 1.29. The summed E-state index contributed by atoms with van der Waals surface area (Å²) in [6.07, 6.45) is 3.16. The van der Waals surface area contributed by atoms with Gasteiger partial charge >= 0.3 is 0 Å². The molecule has 0 radical (unpaired) electrons. The molecule has 2 rings (SSSR count). The van der Waals surface area contributed by atoms with Crippen LogP contribution in [0.3, 0.4) is 0 Å². The first-order chi connectivity index (χ1) is 7.65. The average Bonchev–Trinajstić information content (AvgIpc) is 2.66. The van der Waals surface area contributed by atoms with E-state index in [0.29, 0.717) is 5.75 Å². The molecule has 0 N–H and O–H groups in total. The average molecular weight is 224 g/mol. The number of ether oxygens (including phenoxy) is 1. The van der Waals surface area contributed by atoms with Gasteiger partial charge in [0.15, 0.2) is 5.75 Å². The van der Waals surface area contributed by atoms with Crippen LogP contribution in [0.1, 0.15) is 5.56 Å². The highest BCUT2D eigenvalue weighted by Gasteiger charge is 2.05. The lowest BCUT2D eigenvalue weighted by Crippen LogP contribution is -1.98. The Hall–Kier alpha value is -1.91.